The Hall–Kier alpha value is -3.82. The van der Waals surface area contributed by atoms with Crippen LogP contribution in [0.25, 0.3) is 0 Å². The van der Waals surface area contributed by atoms with Gasteiger partial charge in [0.2, 0.25) is 11.7 Å². The van der Waals surface area contributed by atoms with Crippen molar-refractivity contribution in [1.82, 2.24) is 10.6 Å². The first-order valence-electron chi connectivity index (χ1n) is 10.9. The molecule has 0 saturated heterocycles. The summed E-state index contributed by atoms with van der Waals surface area (Å²) >= 11 is 0. The standard InChI is InChI=1S/C24H31N3O7/c1-24(2,3)34-23(31)26-14-8-7-11-17(20(25)28)27-21(29)18-12-13-19(33-18)22(30)32-15-16-9-5-4-6-10-16/h4-6,9-10,12-13,17H,7-8,11,14-15H2,1-3H3,(H2,25,28)(H,26,31)(H,27,29)/t17-/m0/s1. The van der Waals surface area contributed by atoms with Crippen molar-refractivity contribution < 1.29 is 33.1 Å². The number of furan rings is 1. The lowest BCUT2D eigenvalue weighted by Gasteiger charge is -2.19. The Labute approximate surface area is 198 Å². The maximum atomic E-state index is 12.4. The molecule has 0 bridgehead atoms. The zero-order valence-electron chi connectivity index (χ0n) is 19.6. The van der Waals surface area contributed by atoms with Gasteiger partial charge in [0, 0.05) is 6.54 Å². The van der Waals surface area contributed by atoms with Crippen LogP contribution in [0, 0.1) is 0 Å². The van der Waals surface area contributed by atoms with Gasteiger partial charge in [-0.2, -0.15) is 0 Å². The van der Waals surface area contributed by atoms with E-state index in [4.69, 9.17) is 19.6 Å². The normalized spacial score (nSPS) is 11.9. The average molecular weight is 474 g/mol. The summed E-state index contributed by atoms with van der Waals surface area (Å²) in [6.45, 7) is 5.71. The number of ether oxygens (including phenoxy) is 2. The number of primary amides is 1. The van der Waals surface area contributed by atoms with Crippen LogP contribution in [0.4, 0.5) is 4.79 Å². The van der Waals surface area contributed by atoms with Crippen LogP contribution in [-0.4, -0.2) is 42.1 Å². The van der Waals surface area contributed by atoms with Gasteiger partial charge in [-0.15, -0.1) is 0 Å². The van der Waals surface area contributed by atoms with Crippen LogP contribution < -0.4 is 16.4 Å². The predicted molar refractivity (Wildman–Crippen MR) is 123 cm³/mol. The molecule has 0 saturated carbocycles. The number of carbonyl (C=O) groups excluding carboxylic acids is 4. The molecule has 1 atom stereocenters. The third kappa shape index (κ3) is 9.35. The van der Waals surface area contributed by atoms with Gasteiger partial charge in [-0.1, -0.05) is 30.3 Å². The number of esters is 1. The highest BCUT2D eigenvalue weighted by molar-refractivity contribution is 5.96. The molecule has 1 aromatic heterocycles. The summed E-state index contributed by atoms with van der Waals surface area (Å²) in [5.41, 5.74) is 5.62. The summed E-state index contributed by atoms with van der Waals surface area (Å²) < 4.78 is 15.6. The van der Waals surface area contributed by atoms with Crippen molar-refractivity contribution in [3.05, 3.63) is 59.5 Å². The number of amides is 3. The van der Waals surface area contributed by atoms with E-state index in [-0.39, 0.29) is 24.5 Å². The molecule has 2 rings (SSSR count). The van der Waals surface area contributed by atoms with Crippen LogP contribution in [0.5, 0.6) is 0 Å². The van der Waals surface area contributed by atoms with Gasteiger partial charge < -0.3 is 30.3 Å². The van der Waals surface area contributed by atoms with Crippen LogP contribution in [0.3, 0.4) is 0 Å². The van der Waals surface area contributed by atoms with Crippen molar-refractivity contribution >= 4 is 23.9 Å². The van der Waals surface area contributed by atoms with Gasteiger partial charge in [-0.25, -0.2) is 9.59 Å². The molecule has 0 aliphatic heterocycles. The first-order valence-corrected chi connectivity index (χ1v) is 10.9. The molecule has 3 amide bonds. The van der Waals surface area contributed by atoms with Gasteiger partial charge in [-0.3, -0.25) is 9.59 Å². The van der Waals surface area contributed by atoms with E-state index >= 15 is 0 Å². The van der Waals surface area contributed by atoms with Crippen molar-refractivity contribution in [2.24, 2.45) is 5.73 Å². The number of hydrogen-bond donors (Lipinski definition) is 3. The minimum atomic E-state index is -0.937. The largest absolute Gasteiger partial charge is 0.455 e. The lowest BCUT2D eigenvalue weighted by molar-refractivity contribution is -0.120. The fourth-order valence-corrected chi connectivity index (χ4v) is 2.86. The monoisotopic (exact) mass is 473 g/mol. The molecular formula is C24H31N3O7. The molecule has 0 spiro atoms. The topological polar surface area (TPSA) is 150 Å². The van der Waals surface area contributed by atoms with Crippen molar-refractivity contribution in [2.75, 3.05) is 6.54 Å². The zero-order chi connectivity index (χ0) is 25.1. The number of benzene rings is 1. The van der Waals surface area contributed by atoms with Gasteiger partial charge >= 0.3 is 12.1 Å². The number of alkyl carbamates (subject to hydrolysis) is 1. The molecule has 0 unspecified atom stereocenters. The molecule has 0 fully saturated rings. The number of rotatable bonds is 11. The first-order chi connectivity index (χ1) is 16.0. The van der Waals surface area contributed by atoms with Crippen LogP contribution in [0.1, 0.15) is 66.7 Å². The number of nitrogens with two attached hydrogens (primary N) is 1. The molecule has 10 nitrogen and oxygen atoms in total. The minimum Gasteiger partial charge on any atom is -0.455 e. The van der Waals surface area contributed by atoms with E-state index in [2.05, 4.69) is 10.6 Å². The molecule has 34 heavy (non-hydrogen) atoms. The van der Waals surface area contributed by atoms with E-state index in [1.54, 1.807) is 20.8 Å². The quantitative estimate of drug-likeness (QED) is 0.335. The third-order valence-electron chi connectivity index (χ3n) is 4.48. The van der Waals surface area contributed by atoms with Gasteiger partial charge in [0.25, 0.3) is 5.91 Å². The van der Waals surface area contributed by atoms with Crippen molar-refractivity contribution in [1.29, 1.82) is 0 Å². The Balaban J connectivity index is 1.78. The van der Waals surface area contributed by atoms with Crippen LogP contribution in [0.2, 0.25) is 0 Å². The van der Waals surface area contributed by atoms with Gasteiger partial charge in [0.05, 0.1) is 0 Å². The third-order valence-corrected chi connectivity index (χ3v) is 4.48. The summed E-state index contributed by atoms with van der Waals surface area (Å²) in [7, 11) is 0. The minimum absolute atomic E-state index is 0.0639. The van der Waals surface area contributed by atoms with Crippen molar-refractivity contribution in [3.63, 3.8) is 0 Å². The Bertz CT molecular complexity index is 980. The molecule has 10 heteroatoms. The Morgan fingerprint density at radius 3 is 2.32 bits per heavy atom. The molecule has 1 aromatic carbocycles. The zero-order valence-corrected chi connectivity index (χ0v) is 19.6. The number of unbranched alkanes of at least 4 members (excludes halogenated alkanes) is 1. The molecule has 0 radical (unpaired) electrons. The highest BCUT2D eigenvalue weighted by Crippen LogP contribution is 2.12. The lowest BCUT2D eigenvalue weighted by Crippen LogP contribution is -2.44. The summed E-state index contributed by atoms with van der Waals surface area (Å²) in [6, 6.07) is 10.8. The molecule has 184 valence electrons. The maximum absolute atomic E-state index is 12.4. The second-order valence-corrected chi connectivity index (χ2v) is 8.58. The van der Waals surface area contributed by atoms with E-state index in [0.717, 1.165) is 5.56 Å². The van der Waals surface area contributed by atoms with Crippen LogP contribution in [-0.2, 0) is 20.9 Å². The summed E-state index contributed by atoms with van der Waals surface area (Å²) in [4.78, 5) is 48.0. The van der Waals surface area contributed by atoms with Crippen molar-refractivity contribution in [3.8, 4) is 0 Å². The first kappa shape index (κ1) is 26.4. The molecule has 0 aliphatic carbocycles. The van der Waals surface area contributed by atoms with Gasteiger partial charge in [0.15, 0.2) is 5.76 Å². The van der Waals surface area contributed by atoms with Crippen LogP contribution >= 0.6 is 0 Å². The van der Waals surface area contributed by atoms with Gasteiger partial charge in [0.1, 0.15) is 18.2 Å². The Morgan fingerprint density at radius 1 is 1.00 bits per heavy atom. The highest BCUT2D eigenvalue weighted by atomic mass is 16.6. The molecule has 0 aliphatic rings. The SMILES string of the molecule is CC(C)(C)OC(=O)NCCCC[C@H](NC(=O)c1ccc(C(=O)OCc2ccccc2)o1)C(N)=O. The fourth-order valence-electron chi connectivity index (χ4n) is 2.86. The number of nitrogens with one attached hydrogen (secondary N) is 2. The second kappa shape index (κ2) is 12.4. The number of hydrogen-bond acceptors (Lipinski definition) is 7. The van der Waals surface area contributed by atoms with E-state index < -0.39 is 35.5 Å². The van der Waals surface area contributed by atoms with Crippen molar-refractivity contribution in [2.45, 2.75) is 58.3 Å². The van der Waals surface area contributed by atoms with Crippen LogP contribution in [0.15, 0.2) is 46.9 Å². The van der Waals surface area contributed by atoms with E-state index in [1.807, 2.05) is 30.3 Å². The smallest absolute Gasteiger partial charge is 0.407 e. The highest BCUT2D eigenvalue weighted by Gasteiger charge is 2.22. The summed E-state index contributed by atoms with van der Waals surface area (Å²) in [5.74, 6) is -2.39. The maximum Gasteiger partial charge on any atom is 0.407 e. The van der Waals surface area contributed by atoms with Gasteiger partial charge in [-0.05, 0) is 57.7 Å². The number of carbonyl (C=O) groups is 4. The van der Waals surface area contributed by atoms with E-state index in [1.165, 1.54) is 12.1 Å². The van der Waals surface area contributed by atoms with E-state index in [9.17, 15) is 19.2 Å². The van der Waals surface area contributed by atoms with E-state index in [0.29, 0.717) is 19.4 Å². The second-order valence-electron chi connectivity index (χ2n) is 8.58. The Morgan fingerprint density at radius 2 is 1.68 bits per heavy atom. The molecule has 4 N–H and O–H groups in total. The summed E-state index contributed by atoms with van der Waals surface area (Å²) in [5, 5.41) is 5.12. The summed E-state index contributed by atoms with van der Waals surface area (Å²) in [6.07, 6.45) is 0.808. The molecule has 1 heterocycles. The molecule has 2 aromatic rings. The predicted octanol–water partition coefficient (Wildman–Crippen LogP) is 2.92. The molecular weight excluding hydrogens is 442 g/mol. The fraction of sp³-hybridized carbons (Fsp3) is 0.417. The lowest BCUT2D eigenvalue weighted by atomic mass is 10.1. The Kier molecular flexibility index (Phi) is 9.66. The average Bonchev–Trinajstić information content (AvgIpc) is 3.26.